The van der Waals surface area contributed by atoms with Crippen molar-refractivity contribution in [2.45, 2.75) is 38.0 Å². The normalized spacial score (nSPS) is 13.5. The Kier molecular flexibility index (Phi) is 5.34. The molecule has 0 aromatic heterocycles. The first-order valence-corrected chi connectivity index (χ1v) is 6.85. The predicted molar refractivity (Wildman–Crippen MR) is 74.9 cm³/mol. The molecule has 0 heterocycles. The zero-order valence-corrected chi connectivity index (χ0v) is 11.9. The lowest BCUT2D eigenvalue weighted by atomic mass is 10.1. The van der Waals surface area contributed by atoms with Crippen LogP contribution in [0, 0.1) is 0 Å². The first kappa shape index (κ1) is 14.4. The third-order valence-corrected chi connectivity index (χ3v) is 3.77. The average Bonchev–Trinajstić information content (AvgIpc) is 2.26. The number of thioether (sulfide) groups is 1. The van der Waals surface area contributed by atoms with Gasteiger partial charge in [-0.15, -0.1) is 0 Å². The molecule has 0 aliphatic rings. The number of methoxy groups -OCH3 is 1. The molecule has 0 radical (unpaired) electrons. The second kappa shape index (κ2) is 6.31. The highest BCUT2D eigenvalue weighted by molar-refractivity contribution is 8.00. The van der Waals surface area contributed by atoms with Crippen molar-refractivity contribution in [2.24, 2.45) is 0 Å². The lowest BCUT2D eigenvalue weighted by Crippen LogP contribution is -2.19. The van der Waals surface area contributed by atoms with E-state index in [0.717, 1.165) is 17.1 Å². The maximum atomic E-state index is 10.0. The van der Waals surface area contributed by atoms with Crippen LogP contribution < -0.4 is 4.74 Å². The number of para-hydroxylation sites is 1. The summed E-state index contributed by atoms with van der Waals surface area (Å²) in [5.41, 5.74) is 1.07. The van der Waals surface area contributed by atoms with Crippen molar-refractivity contribution < 1.29 is 9.84 Å². The van der Waals surface area contributed by atoms with Gasteiger partial charge >= 0.3 is 0 Å². The standard InChI is InChI=1S/C14H22O2S/c1-14(2,3)17-10-12(15)9-11-7-5-6-8-13(11)16-4/h5-8,12,15H,9-10H2,1-4H3. The van der Waals surface area contributed by atoms with Crippen molar-refractivity contribution in [1.82, 2.24) is 0 Å². The van der Waals surface area contributed by atoms with Gasteiger partial charge < -0.3 is 9.84 Å². The van der Waals surface area contributed by atoms with Gasteiger partial charge in [-0.05, 0) is 11.6 Å². The second-order valence-electron chi connectivity index (χ2n) is 5.09. The molecule has 0 aliphatic heterocycles. The van der Waals surface area contributed by atoms with Crippen LogP contribution in [0.5, 0.6) is 5.75 Å². The summed E-state index contributed by atoms with van der Waals surface area (Å²) in [6.07, 6.45) is 0.322. The number of ether oxygens (including phenoxy) is 1. The average molecular weight is 254 g/mol. The SMILES string of the molecule is COc1ccccc1CC(O)CSC(C)(C)C. The number of benzene rings is 1. The van der Waals surface area contributed by atoms with E-state index >= 15 is 0 Å². The fraction of sp³-hybridized carbons (Fsp3) is 0.571. The maximum absolute atomic E-state index is 10.0. The number of aliphatic hydroxyl groups excluding tert-OH is 1. The van der Waals surface area contributed by atoms with Gasteiger partial charge in [-0.3, -0.25) is 0 Å². The van der Waals surface area contributed by atoms with Gasteiger partial charge in [0.1, 0.15) is 5.75 Å². The Bertz CT molecular complexity index is 344. The van der Waals surface area contributed by atoms with Crippen LogP contribution >= 0.6 is 11.8 Å². The highest BCUT2D eigenvalue weighted by Gasteiger charge is 2.15. The molecule has 1 atom stereocenters. The van der Waals surface area contributed by atoms with Gasteiger partial charge in [0.25, 0.3) is 0 Å². The summed E-state index contributed by atoms with van der Waals surface area (Å²) in [5, 5.41) is 10.0. The molecule has 1 aromatic rings. The van der Waals surface area contributed by atoms with Gasteiger partial charge in [-0.1, -0.05) is 39.0 Å². The Hall–Kier alpha value is -0.670. The van der Waals surface area contributed by atoms with Crippen molar-refractivity contribution >= 4 is 11.8 Å². The zero-order chi connectivity index (χ0) is 12.9. The van der Waals surface area contributed by atoms with E-state index in [1.54, 1.807) is 18.9 Å². The minimum absolute atomic E-state index is 0.196. The van der Waals surface area contributed by atoms with Crippen LogP contribution in [-0.4, -0.2) is 28.8 Å². The van der Waals surface area contributed by atoms with Gasteiger partial charge in [0.15, 0.2) is 0 Å². The molecule has 1 unspecified atom stereocenters. The van der Waals surface area contributed by atoms with Gasteiger partial charge in [0, 0.05) is 16.9 Å². The molecule has 0 fully saturated rings. The first-order valence-electron chi connectivity index (χ1n) is 5.86. The van der Waals surface area contributed by atoms with Gasteiger partial charge in [0.2, 0.25) is 0 Å². The van der Waals surface area contributed by atoms with Gasteiger partial charge in [-0.2, -0.15) is 11.8 Å². The summed E-state index contributed by atoms with van der Waals surface area (Å²) in [5.74, 6) is 1.61. The summed E-state index contributed by atoms with van der Waals surface area (Å²) in [7, 11) is 1.66. The lowest BCUT2D eigenvalue weighted by molar-refractivity contribution is 0.198. The highest BCUT2D eigenvalue weighted by atomic mass is 32.2. The van der Waals surface area contributed by atoms with E-state index in [4.69, 9.17) is 4.74 Å². The molecule has 96 valence electrons. The largest absolute Gasteiger partial charge is 0.496 e. The fourth-order valence-corrected chi connectivity index (χ4v) is 2.34. The van der Waals surface area contributed by atoms with Crippen molar-refractivity contribution in [3.8, 4) is 5.75 Å². The van der Waals surface area contributed by atoms with Crippen LogP contribution in [0.3, 0.4) is 0 Å². The molecule has 0 bridgehead atoms. The van der Waals surface area contributed by atoms with E-state index in [1.807, 2.05) is 24.3 Å². The fourth-order valence-electron chi connectivity index (χ4n) is 1.53. The Labute approximate surface area is 108 Å². The third-order valence-electron chi connectivity index (χ3n) is 2.36. The smallest absolute Gasteiger partial charge is 0.122 e. The van der Waals surface area contributed by atoms with E-state index < -0.39 is 0 Å². The summed E-state index contributed by atoms with van der Waals surface area (Å²) in [6.45, 7) is 6.48. The topological polar surface area (TPSA) is 29.5 Å². The molecular weight excluding hydrogens is 232 g/mol. The molecule has 2 nitrogen and oxygen atoms in total. The molecule has 3 heteroatoms. The summed E-state index contributed by atoms with van der Waals surface area (Å²) < 4.78 is 5.47. The van der Waals surface area contributed by atoms with Crippen molar-refractivity contribution in [3.05, 3.63) is 29.8 Å². The van der Waals surface area contributed by atoms with Crippen LogP contribution in [0.4, 0.5) is 0 Å². The minimum atomic E-state index is -0.324. The number of aliphatic hydroxyl groups is 1. The lowest BCUT2D eigenvalue weighted by Gasteiger charge is -2.20. The third kappa shape index (κ3) is 5.46. The van der Waals surface area contributed by atoms with E-state index in [0.29, 0.717) is 6.42 Å². The molecule has 0 spiro atoms. The van der Waals surface area contributed by atoms with Crippen LogP contribution in [0.1, 0.15) is 26.3 Å². The second-order valence-corrected chi connectivity index (χ2v) is 6.94. The van der Waals surface area contributed by atoms with E-state index in [9.17, 15) is 5.11 Å². The van der Waals surface area contributed by atoms with Crippen LogP contribution in [0.2, 0.25) is 0 Å². The monoisotopic (exact) mass is 254 g/mol. The molecule has 1 N–H and O–H groups in total. The van der Waals surface area contributed by atoms with Crippen LogP contribution in [0.25, 0.3) is 0 Å². The molecule has 0 saturated carbocycles. The van der Waals surface area contributed by atoms with E-state index in [1.165, 1.54) is 0 Å². The molecule has 1 rings (SSSR count). The Balaban J connectivity index is 2.53. The molecule has 0 amide bonds. The maximum Gasteiger partial charge on any atom is 0.122 e. The van der Waals surface area contributed by atoms with Crippen LogP contribution in [-0.2, 0) is 6.42 Å². The Morgan fingerprint density at radius 2 is 1.94 bits per heavy atom. The summed E-state index contributed by atoms with van der Waals surface area (Å²) in [6, 6.07) is 7.85. The van der Waals surface area contributed by atoms with Gasteiger partial charge in [-0.25, -0.2) is 0 Å². The Morgan fingerprint density at radius 3 is 2.53 bits per heavy atom. The zero-order valence-electron chi connectivity index (χ0n) is 11.1. The number of hydrogen-bond donors (Lipinski definition) is 1. The minimum Gasteiger partial charge on any atom is -0.496 e. The number of rotatable bonds is 5. The molecule has 0 saturated heterocycles. The summed E-state index contributed by atoms with van der Waals surface area (Å²) in [4.78, 5) is 0. The van der Waals surface area contributed by atoms with Crippen molar-refractivity contribution in [3.63, 3.8) is 0 Å². The van der Waals surface area contributed by atoms with Crippen molar-refractivity contribution in [1.29, 1.82) is 0 Å². The first-order chi connectivity index (χ1) is 7.92. The Morgan fingerprint density at radius 1 is 1.29 bits per heavy atom. The number of hydrogen-bond acceptors (Lipinski definition) is 3. The van der Waals surface area contributed by atoms with E-state index in [-0.39, 0.29) is 10.9 Å². The molecule has 0 aliphatic carbocycles. The van der Waals surface area contributed by atoms with Crippen LogP contribution in [0.15, 0.2) is 24.3 Å². The highest BCUT2D eigenvalue weighted by Crippen LogP contribution is 2.26. The molecular formula is C14H22O2S. The molecule has 1 aromatic carbocycles. The summed E-state index contributed by atoms with van der Waals surface area (Å²) >= 11 is 1.78. The van der Waals surface area contributed by atoms with E-state index in [2.05, 4.69) is 20.8 Å². The predicted octanol–water partition coefficient (Wildman–Crippen LogP) is 3.13. The van der Waals surface area contributed by atoms with Gasteiger partial charge in [0.05, 0.1) is 13.2 Å². The molecule has 17 heavy (non-hydrogen) atoms. The quantitative estimate of drug-likeness (QED) is 0.875. The van der Waals surface area contributed by atoms with Crippen molar-refractivity contribution in [2.75, 3.05) is 12.9 Å².